The van der Waals surface area contributed by atoms with E-state index in [4.69, 9.17) is 15.3 Å². The van der Waals surface area contributed by atoms with E-state index < -0.39 is 21.0 Å². The van der Waals surface area contributed by atoms with E-state index in [9.17, 15) is 8.42 Å². The largest absolute Gasteiger partial charge is 0.328 e. The quantitative estimate of drug-likeness (QED) is 0.645. The van der Waals surface area contributed by atoms with Crippen LogP contribution in [-0.4, -0.2) is 19.8 Å². The number of hydrogen-bond acceptors (Lipinski definition) is 5. The Labute approximate surface area is 104 Å². The lowest BCUT2D eigenvalue weighted by Gasteiger charge is -2.22. The van der Waals surface area contributed by atoms with Crippen LogP contribution >= 0.6 is 0 Å². The van der Waals surface area contributed by atoms with Crippen molar-refractivity contribution in [3.8, 4) is 12.1 Å². The van der Waals surface area contributed by atoms with E-state index in [1.165, 1.54) is 6.07 Å². The Hall–Kier alpha value is -1.89. The summed E-state index contributed by atoms with van der Waals surface area (Å²) >= 11 is 0. The van der Waals surface area contributed by atoms with Crippen LogP contribution in [0.3, 0.4) is 0 Å². The summed E-state index contributed by atoms with van der Waals surface area (Å²) in [5.74, 6) is -0.102. The van der Waals surface area contributed by atoms with Crippen molar-refractivity contribution in [2.24, 2.45) is 0 Å². The third-order valence-corrected chi connectivity index (χ3v) is 5.32. The topological polar surface area (TPSA) is 94.2 Å². The molecule has 0 bridgehead atoms. The Kier molecular flexibility index (Phi) is 1.94. The van der Waals surface area contributed by atoms with E-state index in [2.05, 4.69) is 0 Å². The highest BCUT2D eigenvalue weighted by molar-refractivity contribution is 7.91. The second kappa shape index (κ2) is 3.11. The summed E-state index contributed by atoms with van der Waals surface area (Å²) < 4.78 is 29.3. The van der Waals surface area contributed by atoms with Gasteiger partial charge in [0.2, 0.25) is 0 Å². The van der Waals surface area contributed by atoms with E-state index in [-0.39, 0.29) is 17.1 Å². The molecule has 0 amide bonds. The number of hydrogen-bond donors (Lipinski definition) is 0. The number of nitriles is 2. The van der Waals surface area contributed by atoms with Gasteiger partial charge in [-0.25, -0.2) is 8.42 Å². The third kappa shape index (κ3) is 1.09. The van der Waals surface area contributed by atoms with Gasteiger partial charge < -0.3 is 4.74 Å². The van der Waals surface area contributed by atoms with E-state index >= 15 is 0 Å². The monoisotopic (exact) mass is 260 g/mol. The summed E-state index contributed by atoms with van der Waals surface area (Å²) in [6.07, 6.45) is 0.146. The Morgan fingerprint density at radius 3 is 2.50 bits per heavy atom. The number of fused-ring (bicyclic) bond motifs is 2. The molecule has 1 spiro atoms. The van der Waals surface area contributed by atoms with Gasteiger partial charge in [0.15, 0.2) is 15.4 Å². The molecule has 18 heavy (non-hydrogen) atoms. The molecule has 2 aliphatic heterocycles. The predicted molar refractivity (Wildman–Crippen MR) is 59.8 cm³/mol. The van der Waals surface area contributed by atoms with Crippen molar-refractivity contribution >= 4 is 9.84 Å². The minimum atomic E-state index is -3.34. The SMILES string of the molecule is N#CC1(C#N)O[C@@]12CCS(=O)(=O)c1ccccc12. The molecule has 90 valence electrons. The molecule has 0 saturated carbocycles. The molecule has 6 heteroatoms. The van der Waals surface area contributed by atoms with E-state index in [0.29, 0.717) is 5.56 Å². The minimum Gasteiger partial charge on any atom is -0.328 e. The minimum absolute atomic E-state index is 0.102. The van der Waals surface area contributed by atoms with Gasteiger partial charge >= 0.3 is 0 Å². The van der Waals surface area contributed by atoms with E-state index in [1.807, 2.05) is 12.1 Å². The fraction of sp³-hybridized carbons (Fsp3) is 0.333. The molecule has 2 aliphatic rings. The summed E-state index contributed by atoms with van der Waals surface area (Å²) in [5, 5.41) is 18.2. The third-order valence-electron chi connectivity index (χ3n) is 3.55. The second-order valence-electron chi connectivity index (χ2n) is 4.40. The summed E-state index contributed by atoms with van der Waals surface area (Å²) in [6, 6.07) is 10.1. The van der Waals surface area contributed by atoms with Gasteiger partial charge in [0.1, 0.15) is 12.1 Å². The van der Waals surface area contributed by atoms with Crippen LogP contribution in [0.15, 0.2) is 29.2 Å². The lowest BCUT2D eigenvalue weighted by atomic mass is 9.85. The van der Waals surface area contributed by atoms with Gasteiger partial charge in [-0.05, 0) is 6.07 Å². The maximum atomic E-state index is 12.0. The number of nitrogens with zero attached hydrogens (tertiary/aromatic N) is 2. The van der Waals surface area contributed by atoms with Gasteiger partial charge in [-0.3, -0.25) is 0 Å². The average molecular weight is 260 g/mol. The second-order valence-corrected chi connectivity index (χ2v) is 6.48. The first-order chi connectivity index (χ1) is 8.51. The molecule has 0 N–H and O–H groups in total. The first-order valence-corrected chi connectivity index (χ1v) is 7.01. The number of ether oxygens (including phenoxy) is 1. The van der Waals surface area contributed by atoms with Crippen LogP contribution in [-0.2, 0) is 20.2 Å². The zero-order valence-electron chi connectivity index (χ0n) is 9.25. The predicted octanol–water partition coefficient (Wildman–Crippen LogP) is 0.875. The van der Waals surface area contributed by atoms with Gasteiger partial charge in [0.05, 0.1) is 10.6 Å². The summed E-state index contributed by atoms with van der Waals surface area (Å²) in [4.78, 5) is 0.170. The molecule has 2 heterocycles. The average Bonchev–Trinajstić information content (AvgIpc) is 3.05. The Balaban J connectivity index is 2.27. The highest BCUT2D eigenvalue weighted by Crippen LogP contribution is 2.60. The van der Waals surface area contributed by atoms with Crippen LogP contribution < -0.4 is 0 Å². The summed E-state index contributed by atoms with van der Waals surface area (Å²) in [6.45, 7) is 0. The van der Waals surface area contributed by atoms with Crippen LogP contribution in [0, 0.1) is 22.7 Å². The molecular weight excluding hydrogens is 252 g/mol. The standard InChI is InChI=1S/C12H8N2O3S/c13-7-11(8-14)12(17-11)5-6-18(15,16)10-4-2-1-3-9(10)12/h1-4H,5-6H2/t12-/m1/s1. The van der Waals surface area contributed by atoms with Crippen LogP contribution in [0.5, 0.6) is 0 Å². The molecule has 1 fully saturated rings. The molecule has 1 aromatic carbocycles. The van der Waals surface area contributed by atoms with Crippen molar-refractivity contribution in [2.45, 2.75) is 22.5 Å². The molecule has 1 saturated heterocycles. The van der Waals surface area contributed by atoms with Crippen molar-refractivity contribution in [1.29, 1.82) is 10.5 Å². The molecule has 1 aromatic rings. The maximum absolute atomic E-state index is 12.0. The van der Waals surface area contributed by atoms with Crippen LogP contribution in [0.2, 0.25) is 0 Å². The number of rotatable bonds is 0. The molecule has 0 radical (unpaired) electrons. The number of sulfone groups is 1. The van der Waals surface area contributed by atoms with Crippen molar-refractivity contribution in [3.63, 3.8) is 0 Å². The maximum Gasteiger partial charge on any atom is 0.275 e. The van der Waals surface area contributed by atoms with Gasteiger partial charge in [0, 0.05) is 12.0 Å². The Morgan fingerprint density at radius 1 is 1.22 bits per heavy atom. The van der Waals surface area contributed by atoms with Crippen molar-refractivity contribution in [1.82, 2.24) is 0 Å². The van der Waals surface area contributed by atoms with Crippen LogP contribution in [0.25, 0.3) is 0 Å². The molecule has 3 rings (SSSR count). The van der Waals surface area contributed by atoms with Crippen LogP contribution in [0.4, 0.5) is 0 Å². The first kappa shape index (κ1) is 11.2. The van der Waals surface area contributed by atoms with E-state index in [1.54, 1.807) is 18.2 Å². The Morgan fingerprint density at radius 2 is 1.89 bits per heavy atom. The lowest BCUT2D eigenvalue weighted by molar-refractivity contribution is 0.281. The lowest BCUT2D eigenvalue weighted by Crippen LogP contribution is -2.31. The zero-order chi connectivity index (χ0) is 13.0. The highest BCUT2D eigenvalue weighted by Gasteiger charge is 2.75. The first-order valence-electron chi connectivity index (χ1n) is 5.36. The molecule has 0 aromatic heterocycles. The smallest absolute Gasteiger partial charge is 0.275 e. The number of epoxide rings is 1. The molecule has 0 aliphatic carbocycles. The van der Waals surface area contributed by atoms with E-state index in [0.717, 1.165) is 0 Å². The van der Waals surface area contributed by atoms with Gasteiger partial charge in [-0.15, -0.1) is 0 Å². The molecular formula is C12H8N2O3S. The van der Waals surface area contributed by atoms with Gasteiger partial charge in [0.25, 0.3) is 5.60 Å². The van der Waals surface area contributed by atoms with Crippen molar-refractivity contribution in [3.05, 3.63) is 29.8 Å². The van der Waals surface area contributed by atoms with Gasteiger partial charge in [-0.1, -0.05) is 18.2 Å². The normalized spacial score (nSPS) is 29.9. The molecule has 0 unspecified atom stereocenters. The highest BCUT2D eigenvalue weighted by atomic mass is 32.2. The fourth-order valence-corrected chi connectivity index (χ4v) is 4.18. The number of benzene rings is 1. The van der Waals surface area contributed by atoms with Crippen LogP contribution in [0.1, 0.15) is 12.0 Å². The molecule has 5 nitrogen and oxygen atoms in total. The molecule has 1 atom stereocenters. The zero-order valence-corrected chi connectivity index (χ0v) is 10.1. The summed E-state index contributed by atoms with van der Waals surface area (Å²) in [5.41, 5.74) is -2.18. The summed E-state index contributed by atoms with van der Waals surface area (Å²) in [7, 11) is -3.34. The Bertz CT molecular complexity index is 712. The fourth-order valence-electron chi connectivity index (χ4n) is 2.55. The van der Waals surface area contributed by atoms with Crippen molar-refractivity contribution < 1.29 is 13.2 Å². The van der Waals surface area contributed by atoms with Gasteiger partial charge in [-0.2, -0.15) is 10.5 Å². The van der Waals surface area contributed by atoms with Crippen molar-refractivity contribution in [2.75, 3.05) is 5.75 Å².